The Kier molecular flexibility index (Phi) is 36.7. The number of rotatable bonds is 22. The lowest BCUT2D eigenvalue weighted by atomic mass is 9.95. The van der Waals surface area contributed by atoms with Crippen molar-refractivity contribution in [2.75, 3.05) is 64.2 Å². The molecule has 1 fully saturated rings. The molecule has 0 radical (unpaired) electrons. The summed E-state index contributed by atoms with van der Waals surface area (Å²) in [5, 5.41) is 46.3. The lowest BCUT2D eigenvalue weighted by Crippen LogP contribution is -2.62. The first-order chi connectivity index (χ1) is 61.5. The van der Waals surface area contributed by atoms with Crippen LogP contribution < -0.4 is 58.5 Å². The van der Waals surface area contributed by atoms with Gasteiger partial charge in [0.05, 0.1) is 31.0 Å². The van der Waals surface area contributed by atoms with Gasteiger partial charge in [0, 0.05) is 94.2 Å². The van der Waals surface area contributed by atoms with Crippen LogP contribution in [0.2, 0.25) is 5.02 Å². The van der Waals surface area contributed by atoms with Crippen LogP contribution in [0.1, 0.15) is 107 Å². The Morgan fingerprint density at radius 3 is 1.71 bits per heavy atom. The van der Waals surface area contributed by atoms with Gasteiger partial charge >= 0.3 is 5.97 Å². The topological polar surface area (TPSA) is 480 Å². The number of aromatic hydroxyl groups is 1. The third-order valence-electron chi connectivity index (χ3n) is 22.5. The Bertz CT molecular complexity index is 5160. The molecule has 0 spiro atoms. The van der Waals surface area contributed by atoms with Gasteiger partial charge in [-0.15, -0.1) is 11.8 Å². The number of unbranched alkanes of at least 4 members (excludes halogenated alkanes) is 1. The number of amides is 15. The number of thioether (sulfide) groups is 1. The van der Waals surface area contributed by atoms with Crippen molar-refractivity contribution in [1.29, 1.82) is 0 Å². The van der Waals surface area contributed by atoms with E-state index in [1.165, 1.54) is 56.2 Å². The summed E-state index contributed by atoms with van der Waals surface area (Å²) in [4.78, 5) is 244. The molecule has 0 unspecified atom stereocenters. The number of phenolic OH excluding ortho intramolecular Hbond substituents is 1. The Morgan fingerprint density at radius 2 is 1.09 bits per heavy atom. The molecule has 1 aromatic heterocycles. The van der Waals surface area contributed by atoms with Crippen molar-refractivity contribution < 1.29 is 86.9 Å². The van der Waals surface area contributed by atoms with Crippen LogP contribution in [0.5, 0.6) is 5.75 Å². The van der Waals surface area contributed by atoms with Crippen molar-refractivity contribution in [3.05, 3.63) is 202 Å². The van der Waals surface area contributed by atoms with Gasteiger partial charge in [0.25, 0.3) is 0 Å². The second kappa shape index (κ2) is 47.6. The molecule has 14 N–H and O–H groups in total. The van der Waals surface area contributed by atoms with Crippen molar-refractivity contribution in [1.82, 2.24) is 72.4 Å². The van der Waals surface area contributed by atoms with Gasteiger partial charge in [0.1, 0.15) is 78.8 Å². The normalized spacial score (nSPS) is 22.2. The number of carboxylic acids is 1. The fraction of sp³-hybridized carbons (Fsp3) is 0.419. The van der Waals surface area contributed by atoms with Crippen LogP contribution in [0.4, 0.5) is 5.69 Å². The maximum Gasteiger partial charge on any atom is 0.305 e. The highest BCUT2D eigenvalue weighted by Crippen LogP contribution is 2.33. The largest absolute Gasteiger partial charge is 0.508 e. The molecule has 9 rings (SSSR count). The fourth-order valence-corrected chi connectivity index (χ4v) is 16.5. The Balaban J connectivity index is 1.11. The lowest BCUT2D eigenvalue weighted by Gasteiger charge is -2.37. The van der Waals surface area contributed by atoms with Crippen LogP contribution in [-0.2, 0) is 115 Å². The van der Waals surface area contributed by atoms with Gasteiger partial charge in [0.2, 0.25) is 88.6 Å². The minimum Gasteiger partial charge on any atom is -0.508 e. The van der Waals surface area contributed by atoms with Crippen LogP contribution in [-0.4, -0.2) is 255 Å². The van der Waals surface area contributed by atoms with E-state index >= 15 is 47.9 Å². The number of carboxylic acid groups (broad SMARTS) is 1. The number of para-hydroxylation sites is 1. The molecule has 6 aromatic carbocycles. The van der Waals surface area contributed by atoms with Crippen molar-refractivity contribution in [2.24, 2.45) is 17.6 Å². The Hall–Kier alpha value is -13.2. The molecule has 129 heavy (non-hydrogen) atoms. The predicted octanol–water partition coefficient (Wildman–Crippen LogP) is 3.55. The first-order valence-electron chi connectivity index (χ1n) is 42.8. The van der Waals surface area contributed by atoms with Crippen molar-refractivity contribution in [2.45, 2.75) is 178 Å². The number of benzene rings is 6. The highest BCUT2D eigenvalue weighted by Gasteiger charge is 2.44. The van der Waals surface area contributed by atoms with E-state index in [0.29, 0.717) is 56.6 Å². The van der Waals surface area contributed by atoms with E-state index in [0.717, 1.165) is 32.0 Å². The summed E-state index contributed by atoms with van der Waals surface area (Å²) in [5.74, 6) is -17.3. The zero-order valence-corrected chi connectivity index (χ0v) is 75.2. The van der Waals surface area contributed by atoms with Crippen molar-refractivity contribution >= 4 is 135 Å². The van der Waals surface area contributed by atoms with Crippen LogP contribution in [0.25, 0.3) is 10.9 Å². The van der Waals surface area contributed by atoms with Crippen molar-refractivity contribution in [3.8, 4) is 5.75 Å². The number of nitrogens with two attached hydrogens (primary N) is 1. The highest BCUT2D eigenvalue weighted by atomic mass is 35.5. The number of primary amides is 1. The van der Waals surface area contributed by atoms with Gasteiger partial charge in [-0.05, 0) is 95.2 Å². The number of likely N-dealkylation sites (N-methyl/N-ethyl adjacent to an activating group) is 4. The van der Waals surface area contributed by atoms with Crippen molar-refractivity contribution in [3.63, 3.8) is 0 Å². The summed E-state index contributed by atoms with van der Waals surface area (Å²) in [6.07, 6.45) is 0.606. The monoisotopic (exact) mass is 1810 g/mol. The van der Waals surface area contributed by atoms with E-state index < -0.39 is 199 Å². The molecule has 2 aliphatic rings. The third kappa shape index (κ3) is 28.7. The number of carbonyl (C=O) groups is 16. The zero-order chi connectivity index (χ0) is 93.9. The van der Waals surface area contributed by atoms with Gasteiger partial charge in [-0.1, -0.05) is 186 Å². The average Bonchev–Trinajstić information content (AvgIpc) is 1.19. The molecular weight excluding hydrogens is 1700 g/mol. The number of hydrogen-bond acceptors (Lipinski definition) is 18. The lowest BCUT2D eigenvalue weighted by molar-refractivity contribution is -0.151. The number of nitrogens with one attached hydrogen (secondary N) is 10. The fourth-order valence-electron chi connectivity index (χ4n) is 15.5. The molecule has 0 aliphatic carbocycles. The van der Waals surface area contributed by atoms with Gasteiger partial charge in [-0.3, -0.25) is 76.7 Å². The summed E-state index contributed by atoms with van der Waals surface area (Å²) in [7, 11) is 5.32. The number of nitrogens with zero attached hydrogens (tertiary/aromatic N) is 5. The maximum atomic E-state index is 15.5. The number of aryl methyl sites for hydroxylation is 1. The molecule has 15 amide bonds. The number of phenols is 1. The van der Waals surface area contributed by atoms with Crippen LogP contribution in [0.15, 0.2) is 164 Å². The third-order valence-corrected chi connectivity index (χ3v) is 23.8. The highest BCUT2D eigenvalue weighted by molar-refractivity contribution is 8.00. The summed E-state index contributed by atoms with van der Waals surface area (Å²) >= 11 is 7.21. The standard InChI is InChI=1S/C93H115ClN16O18S/c1-10-11-31-73-91(126)106(6)50-78(113)100-70(47-81(116)117)87(122)105-82(55(4)5)93(128)108(8)75(42-57-25-17-13-18-26-57)88(123)103-71-44-60-35-38-63(111)46-74(60)110(90(71)125)51-79(114)99-69(45-61-48-96-65-30-22-21-29-64(61)65)86(121)102-68(41-59-32-36-62(94)37-33-59)85(120)101-67(40-54(2)3)84(119)104-72(83(118)97-49-77(95)112)52-129-53-80(115)98-66(39-34-56-23-15-12-16-24-56)89(124)109(9)76(92(127)107(73)7)43-58-27-19-14-20-28-58/h12-30,32-33,35-38,46,48,54-55,66-73,75-76,82,96,111H,10-11,31,34,39-45,47,49-53H2,1-9H3,(H2,95,112)(H,97,118)(H,98,115)(H,99,114)(H,100,113)(H,101,120)(H,102,121)(H,103,123)(H,104,119)(H,105,122)(H,116,117)/t66-,67-,68-,69-,70-,71-,72-,73-,75-,76-,82-/m0/s1. The number of hydrogen-bond donors (Lipinski definition) is 13. The molecule has 7 aromatic rings. The van der Waals surface area contributed by atoms with E-state index in [1.54, 1.807) is 161 Å². The number of halogens is 1. The smallest absolute Gasteiger partial charge is 0.305 e. The number of aliphatic carboxylic acids is 1. The van der Waals surface area contributed by atoms with E-state index in [2.05, 4.69) is 52.8 Å². The predicted molar refractivity (Wildman–Crippen MR) is 485 cm³/mol. The second-order valence-electron chi connectivity index (χ2n) is 33.2. The van der Waals surface area contributed by atoms with E-state index in [4.69, 9.17) is 17.3 Å². The molecule has 1 saturated heterocycles. The number of anilines is 1. The molecule has 2 bridgehead atoms. The van der Waals surface area contributed by atoms with Crippen LogP contribution >= 0.6 is 23.4 Å². The summed E-state index contributed by atoms with van der Waals surface area (Å²) < 4.78 is 0. The van der Waals surface area contributed by atoms with E-state index in [9.17, 15) is 39.0 Å². The first kappa shape index (κ1) is 99.6. The van der Waals surface area contributed by atoms with Gasteiger partial charge in [-0.2, -0.15) is 0 Å². The summed E-state index contributed by atoms with van der Waals surface area (Å²) in [6, 6.07) is 27.0. The molecule has 11 atom stereocenters. The second-order valence-corrected chi connectivity index (χ2v) is 34.7. The molecule has 36 heteroatoms. The number of H-pyrrole nitrogens is 1. The molecular formula is C93H115ClN16O18S. The summed E-state index contributed by atoms with van der Waals surface area (Å²) in [5.41, 5.74) is 9.42. The SMILES string of the molecule is CCCC[C@H]1C(=O)N(C)CC(=O)N[C@@H](CC(=O)O)C(=O)N[C@@H](C(C)C)C(=O)N(C)[C@@H](Cc2ccccc2)C(=O)N[C@H]2Cc3ccc(O)cc3N(CC(=O)N[C@@H](Cc3c[nH]c4ccccc34)C(=O)N[C@@H](Cc3ccc(Cl)cc3)C(=O)N[C@@H](CC(C)C)C(=O)N[C@H](C(=O)NCC(N)=O)CSCC(=O)N[C@@H](CCc3ccccc3)C(=O)N(C)[C@@H](Cc3ccccc3)C(=O)N1C)C2=O. The van der Waals surface area contributed by atoms with E-state index in [1.807, 2.05) is 19.1 Å². The summed E-state index contributed by atoms with van der Waals surface area (Å²) in [6.45, 7) is 6.16. The van der Waals surface area contributed by atoms with Gasteiger partial charge < -0.3 is 93.3 Å². The Labute approximate surface area is 757 Å². The van der Waals surface area contributed by atoms with Gasteiger partial charge in [-0.25, -0.2) is 0 Å². The molecule has 2 aliphatic heterocycles. The van der Waals surface area contributed by atoms with Crippen LogP contribution in [0.3, 0.4) is 0 Å². The maximum absolute atomic E-state index is 15.5. The molecule has 34 nitrogen and oxygen atoms in total. The van der Waals surface area contributed by atoms with Gasteiger partial charge in [0.15, 0.2) is 0 Å². The zero-order valence-electron chi connectivity index (χ0n) is 73.6. The molecule has 3 heterocycles. The number of aromatic amines is 1. The number of aromatic nitrogens is 1. The molecule has 0 saturated carbocycles. The quantitative estimate of drug-likeness (QED) is 0.0461. The minimum atomic E-state index is -1.90. The first-order valence-corrected chi connectivity index (χ1v) is 44.4. The molecule has 688 valence electrons. The number of fused-ring (bicyclic) bond motifs is 5. The average molecular weight is 1810 g/mol. The minimum absolute atomic E-state index is 0.0242. The number of carbonyl (C=O) groups excluding carboxylic acids is 15. The van der Waals surface area contributed by atoms with Crippen LogP contribution in [0, 0.1) is 11.8 Å². The van der Waals surface area contributed by atoms with E-state index in [-0.39, 0.29) is 80.9 Å². The Morgan fingerprint density at radius 1 is 0.535 bits per heavy atom.